The molecule has 4 N–H and O–H groups in total. The van der Waals surface area contributed by atoms with Crippen molar-refractivity contribution >= 4 is 28.9 Å². The van der Waals surface area contributed by atoms with Crippen molar-refractivity contribution in [1.82, 2.24) is 5.32 Å². The molecule has 19 heavy (non-hydrogen) atoms. The largest absolute Gasteiger partial charge is 0.370 e. The van der Waals surface area contributed by atoms with Crippen molar-refractivity contribution < 1.29 is 4.79 Å². The second-order valence-corrected chi connectivity index (χ2v) is 5.25. The summed E-state index contributed by atoms with van der Waals surface area (Å²) in [5, 5.41) is 12.5. The summed E-state index contributed by atoms with van der Waals surface area (Å²) in [5.41, 5.74) is 2.03. The van der Waals surface area contributed by atoms with E-state index < -0.39 is 5.54 Å². The number of anilines is 3. The predicted octanol–water partition coefficient (Wildman–Crippen LogP) is 1.20. The number of carbonyl (C=O) groups is 1. The molecule has 0 saturated carbocycles. The maximum Gasteiger partial charge on any atom is 0.249 e. The highest BCUT2D eigenvalue weighted by molar-refractivity contribution is 6.06. The van der Waals surface area contributed by atoms with Crippen LogP contribution in [0.5, 0.6) is 0 Å². The Labute approximate surface area is 111 Å². The monoisotopic (exact) mass is 259 g/mol. The van der Waals surface area contributed by atoms with E-state index in [-0.39, 0.29) is 5.91 Å². The van der Waals surface area contributed by atoms with E-state index in [2.05, 4.69) is 26.3 Å². The Morgan fingerprint density at radius 2 is 2.16 bits per heavy atom. The van der Waals surface area contributed by atoms with Gasteiger partial charge in [0.25, 0.3) is 0 Å². The fraction of sp³-hybridized carbons (Fsp3) is 0.385. The van der Waals surface area contributed by atoms with Crippen LogP contribution < -0.4 is 21.3 Å². The summed E-state index contributed by atoms with van der Waals surface area (Å²) in [6, 6.07) is 5.81. The minimum atomic E-state index is -0.584. The lowest BCUT2D eigenvalue weighted by Crippen LogP contribution is -2.47. The quantitative estimate of drug-likeness (QED) is 0.611. The molecule has 1 aromatic rings. The Hall–Kier alpha value is -2.24. The van der Waals surface area contributed by atoms with Crippen molar-refractivity contribution in [3.05, 3.63) is 18.2 Å². The van der Waals surface area contributed by atoms with Gasteiger partial charge >= 0.3 is 0 Å². The fourth-order valence-electron chi connectivity index (χ4n) is 2.12. The fourth-order valence-corrected chi connectivity index (χ4v) is 2.12. The van der Waals surface area contributed by atoms with Crippen molar-refractivity contribution in [2.75, 3.05) is 29.0 Å². The molecule has 0 saturated heterocycles. The van der Waals surface area contributed by atoms with Crippen LogP contribution in [0.2, 0.25) is 0 Å². The molecule has 1 amide bonds. The number of nitrogens with zero attached hydrogens (tertiary/aromatic N) is 1. The lowest BCUT2D eigenvalue weighted by molar-refractivity contribution is -0.119. The smallest absolute Gasteiger partial charge is 0.249 e. The van der Waals surface area contributed by atoms with Crippen LogP contribution >= 0.6 is 0 Å². The molecule has 0 radical (unpaired) electrons. The Balaban J connectivity index is 1.84. The minimum Gasteiger partial charge on any atom is -0.370 e. The van der Waals surface area contributed by atoms with Crippen molar-refractivity contribution in [2.24, 2.45) is 4.99 Å². The molecule has 100 valence electrons. The average Bonchev–Trinajstić information content (AvgIpc) is 2.84. The van der Waals surface area contributed by atoms with E-state index in [0.29, 0.717) is 0 Å². The summed E-state index contributed by atoms with van der Waals surface area (Å²) in [4.78, 5) is 16.2. The molecule has 2 aliphatic rings. The molecule has 0 unspecified atom stereocenters. The molecule has 0 aliphatic carbocycles. The van der Waals surface area contributed by atoms with Crippen molar-refractivity contribution in [1.29, 1.82) is 0 Å². The standard InChI is InChI=1S/C13H17N5O/c1-13(2)11(19)17-10-7-8(3-4-9(10)18-13)16-12-14-5-6-15-12/h3-4,7,18H,5-6H2,1-2H3,(H,17,19)(H2,14,15,16). The zero-order valence-corrected chi connectivity index (χ0v) is 11.0. The van der Waals surface area contributed by atoms with Crippen LogP contribution in [0.25, 0.3) is 0 Å². The third-order valence-corrected chi connectivity index (χ3v) is 3.22. The second-order valence-electron chi connectivity index (χ2n) is 5.25. The SMILES string of the molecule is CC1(C)Nc2ccc(NC3=NCCN3)cc2NC1=O. The number of rotatable bonds is 1. The van der Waals surface area contributed by atoms with Crippen LogP contribution in [0.4, 0.5) is 17.1 Å². The van der Waals surface area contributed by atoms with Crippen LogP contribution in [-0.4, -0.2) is 30.5 Å². The number of hydrogen-bond donors (Lipinski definition) is 4. The highest BCUT2D eigenvalue weighted by Gasteiger charge is 2.32. The number of fused-ring (bicyclic) bond motifs is 1. The van der Waals surface area contributed by atoms with Gasteiger partial charge in [0.1, 0.15) is 5.54 Å². The van der Waals surface area contributed by atoms with E-state index in [1.165, 1.54) is 0 Å². The van der Waals surface area contributed by atoms with E-state index in [0.717, 1.165) is 36.1 Å². The molecule has 0 aromatic heterocycles. The Morgan fingerprint density at radius 3 is 2.89 bits per heavy atom. The zero-order chi connectivity index (χ0) is 13.5. The van der Waals surface area contributed by atoms with Crippen molar-refractivity contribution in [3.8, 4) is 0 Å². The summed E-state index contributed by atoms with van der Waals surface area (Å²) in [6.07, 6.45) is 0. The molecule has 0 bridgehead atoms. The second kappa shape index (κ2) is 4.15. The molecular weight excluding hydrogens is 242 g/mol. The lowest BCUT2D eigenvalue weighted by atomic mass is 10.00. The summed E-state index contributed by atoms with van der Waals surface area (Å²) >= 11 is 0. The highest BCUT2D eigenvalue weighted by atomic mass is 16.2. The van der Waals surface area contributed by atoms with Gasteiger partial charge in [-0.3, -0.25) is 9.79 Å². The molecule has 6 heteroatoms. The van der Waals surface area contributed by atoms with E-state index in [1.54, 1.807) is 0 Å². The van der Waals surface area contributed by atoms with Gasteiger partial charge in [0.15, 0.2) is 5.96 Å². The average molecular weight is 259 g/mol. The van der Waals surface area contributed by atoms with Crippen LogP contribution in [0.15, 0.2) is 23.2 Å². The van der Waals surface area contributed by atoms with E-state index in [1.807, 2.05) is 32.0 Å². The van der Waals surface area contributed by atoms with Gasteiger partial charge in [-0.05, 0) is 32.0 Å². The number of aliphatic imine (C=N–C) groups is 1. The molecule has 0 spiro atoms. The van der Waals surface area contributed by atoms with Crippen LogP contribution in [-0.2, 0) is 4.79 Å². The normalized spacial score (nSPS) is 19.7. The summed E-state index contributed by atoms with van der Waals surface area (Å²) in [6.45, 7) is 5.36. The summed E-state index contributed by atoms with van der Waals surface area (Å²) < 4.78 is 0. The van der Waals surface area contributed by atoms with Gasteiger partial charge in [0.05, 0.1) is 17.9 Å². The summed E-state index contributed by atoms with van der Waals surface area (Å²) in [7, 11) is 0. The molecule has 0 fully saturated rings. The van der Waals surface area contributed by atoms with Gasteiger partial charge in [-0.2, -0.15) is 0 Å². The Kier molecular flexibility index (Phi) is 2.58. The first kappa shape index (κ1) is 11.8. The number of amides is 1. The number of hydrogen-bond acceptors (Lipinski definition) is 5. The summed E-state index contributed by atoms with van der Waals surface area (Å²) in [5.74, 6) is 0.740. The van der Waals surface area contributed by atoms with Gasteiger partial charge < -0.3 is 21.3 Å². The van der Waals surface area contributed by atoms with E-state index in [4.69, 9.17) is 0 Å². The molecule has 1 aromatic carbocycles. The van der Waals surface area contributed by atoms with Crippen LogP contribution in [0.1, 0.15) is 13.8 Å². The predicted molar refractivity (Wildman–Crippen MR) is 76.7 cm³/mol. The first-order valence-corrected chi connectivity index (χ1v) is 6.34. The molecule has 2 aliphatic heterocycles. The zero-order valence-electron chi connectivity index (χ0n) is 11.0. The molecule has 2 heterocycles. The highest BCUT2D eigenvalue weighted by Crippen LogP contribution is 2.32. The Bertz CT molecular complexity index is 564. The van der Waals surface area contributed by atoms with Crippen molar-refractivity contribution in [2.45, 2.75) is 19.4 Å². The molecule has 3 rings (SSSR count). The third kappa shape index (κ3) is 2.21. The van der Waals surface area contributed by atoms with E-state index >= 15 is 0 Å². The Morgan fingerprint density at radius 1 is 1.32 bits per heavy atom. The maximum absolute atomic E-state index is 11.9. The molecular formula is C13H17N5O. The maximum atomic E-state index is 11.9. The van der Waals surface area contributed by atoms with Crippen LogP contribution in [0.3, 0.4) is 0 Å². The van der Waals surface area contributed by atoms with Gasteiger partial charge in [-0.1, -0.05) is 0 Å². The number of carbonyl (C=O) groups excluding carboxylic acids is 1. The third-order valence-electron chi connectivity index (χ3n) is 3.22. The number of guanidine groups is 1. The van der Waals surface area contributed by atoms with Gasteiger partial charge in [0, 0.05) is 12.2 Å². The number of benzene rings is 1. The van der Waals surface area contributed by atoms with Gasteiger partial charge in [0.2, 0.25) is 5.91 Å². The minimum absolute atomic E-state index is 0.0338. The number of nitrogens with one attached hydrogen (secondary N) is 4. The lowest BCUT2D eigenvalue weighted by Gasteiger charge is -2.33. The first-order valence-electron chi connectivity index (χ1n) is 6.34. The van der Waals surface area contributed by atoms with Gasteiger partial charge in [-0.25, -0.2) is 0 Å². The first-order chi connectivity index (χ1) is 9.04. The van der Waals surface area contributed by atoms with Crippen LogP contribution in [0, 0.1) is 0 Å². The van der Waals surface area contributed by atoms with Crippen molar-refractivity contribution in [3.63, 3.8) is 0 Å². The van der Waals surface area contributed by atoms with Gasteiger partial charge in [-0.15, -0.1) is 0 Å². The molecule has 6 nitrogen and oxygen atoms in total. The van der Waals surface area contributed by atoms with E-state index in [9.17, 15) is 4.79 Å². The topological polar surface area (TPSA) is 77.6 Å². The molecule has 0 atom stereocenters.